The van der Waals surface area contributed by atoms with E-state index in [9.17, 15) is 18.0 Å². The van der Waals surface area contributed by atoms with E-state index < -0.39 is 11.8 Å². The molecule has 0 spiro atoms. The Bertz CT molecular complexity index is 700. The fourth-order valence-electron chi connectivity index (χ4n) is 2.27. The van der Waals surface area contributed by atoms with Crippen molar-refractivity contribution in [3.63, 3.8) is 0 Å². The fourth-order valence-corrected chi connectivity index (χ4v) is 2.27. The van der Waals surface area contributed by atoms with E-state index in [1.54, 1.807) is 7.11 Å². The molecule has 2 rings (SSSR count). The third kappa shape index (κ3) is 8.32. The summed E-state index contributed by atoms with van der Waals surface area (Å²) >= 11 is 0. The van der Waals surface area contributed by atoms with Gasteiger partial charge in [0.25, 0.3) is 0 Å². The van der Waals surface area contributed by atoms with E-state index in [4.69, 9.17) is 10.5 Å². The summed E-state index contributed by atoms with van der Waals surface area (Å²) in [4.78, 5) is 12.0. The lowest BCUT2D eigenvalue weighted by molar-refractivity contribution is -0.166. The molecule has 0 saturated carbocycles. The molecule has 0 bridgehead atoms. The second-order valence-corrected chi connectivity index (χ2v) is 9.13. The number of methoxy groups -OCH3 is 1. The minimum Gasteiger partial charge on any atom is -1.00 e. The molecule has 174 valence electrons. The minimum absolute atomic E-state index is 0. The second-order valence-electron chi connectivity index (χ2n) is 9.13. The maximum atomic E-state index is 12.8. The van der Waals surface area contributed by atoms with Crippen LogP contribution in [0.1, 0.15) is 71.3 Å². The van der Waals surface area contributed by atoms with Crippen molar-refractivity contribution in [1.82, 2.24) is 0 Å². The summed E-state index contributed by atoms with van der Waals surface area (Å²) in [6.45, 7) is 11.9. The van der Waals surface area contributed by atoms with Gasteiger partial charge in [-0.05, 0) is 5.41 Å². The van der Waals surface area contributed by atoms with Crippen LogP contribution in [-0.4, -0.2) is 25.3 Å². The van der Waals surface area contributed by atoms with Gasteiger partial charge in [0, 0.05) is 30.1 Å². The molecule has 1 heterocycles. The van der Waals surface area contributed by atoms with E-state index in [1.807, 2.05) is 41.5 Å². The van der Waals surface area contributed by atoms with Gasteiger partial charge < -0.3 is 22.9 Å². The van der Waals surface area contributed by atoms with Crippen LogP contribution >= 0.6 is 0 Å². The van der Waals surface area contributed by atoms with Crippen LogP contribution in [0.25, 0.3) is 0 Å². The monoisotopic (exact) mass is 452 g/mol. The van der Waals surface area contributed by atoms with Gasteiger partial charge in [0.15, 0.2) is 5.78 Å². The lowest BCUT2D eigenvalue weighted by atomic mass is 9.87. The predicted molar refractivity (Wildman–Crippen MR) is 109 cm³/mol. The van der Waals surface area contributed by atoms with E-state index in [1.165, 1.54) is 24.3 Å². The van der Waals surface area contributed by atoms with Crippen molar-refractivity contribution in [1.29, 1.82) is 0 Å². The Morgan fingerprint density at radius 3 is 1.73 bits per heavy atom. The molecule has 9 heteroatoms. The molecule has 1 aliphatic rings. The zero-order valence-corrected chi connectivity index (χ0v) is 18.6. The van der Waals surface area contributed by atoms with Gasteiger partial charge in [-0.1, -0.05) is 73.2 Å². The van der Waals surface area contributed by atoms with Gasteiger partial charge in [-0.25, -0.2) is 0 Å². The summed E-state index contributed by atoms with van der Waals surface area (Å²) in [6, 6.07) is 5.34. The Morgan fingerprint density at radius 1 is 1.07 bits per heavy atom. The molecule has 5 nitrogen and oxygen atoms in total. The number of nitrogens with zero attached hydrogens (tertiary/aromatic N) is 2. The number of hydrogen-bond donors (Lipinski definition) is 1. The summed E-state index contributed by atoms with van der Waals surface area (Å²) in [7, 11) is 1.62. The van der Waals surface area contributed by atoms with Crippen LogP contribution in [0.3, 0.4) is 0 Å². The number of hydrogen-bond acceptors (Lipinski definition) is 5. The number of rotatable bonds is 4. The third-order valence-electron chi connectivity index (χ3n) is 4.10. The highest BCUT2D eigenvalue weighted by molar-refractivity contribution is 5.96. The number of Topliss-reactive ketones (excluding diaryl/α,β-unsaturated/α-hetero) is 1. The highest BCUT2D eigenvalue weighted by Gasteiger charge is 2.65. The highest BCUT2D eigenvalue weighted by atomic mass is 35.5. The lowest BCUT2D eigenvalue weighted by Crippen LogP contribution is -3.00. The molecular formula is C21H34ClF3N3O2-. The number of benzene rings is 1. The minimum atomic E-state index is -4.54. The van der Waals surface area contributed by atoms with Crippen molar-refractivity contribution in [2.75, 3.05) is 7.11 Å². The topological polar surface area (TPSA) is 77.0 Å². The molecule has 0 radical (unpaired) electrons. The van der Waals surface area contributed by atoms with Crippen LogP contribution in [0.2, 0.25) is 0 Å². The molecule has 1 atom stereocenters. The second kappa shape index (κ2) is 10.7. The van der Waals surface area contributed by atoms with Crippen molar-refractivity contribution < 1.29 is 35.1 Å². The highest BCUT2D eigenvalue weighted by Crippen LogP contribution is 2.52. The van der Waals surface area contributed by atoms with Gasteiger partial charge in [-0.2, -0.15) is 13.2 Å². The smallest absolute Gasteiger partial charge is 0.442 e. The van der Waals surface area contributed by atoms with Gasteiger partial charge >= 0.3 is 11.8 Å². The van der Waals surface area contributed by atoms with Crippen molar-refractivity contribution in [2.45, 2.75) is 73.5 Å². The number of carbonyl (C=O) groups excluding carboxylic acids is 1. The standard InChI is InChI=1S/C14H15F3N2O.C6H15NO.CH4.ClH/c1-12(2,3)8-11(20)9-4-6-10(7-5-9)13(18-19-13)14(15,16)17;1-6(2,3)5(7)8-4;;/h4-7H,8H2,1-3H3;5H,7H2,1-4H3;1H4;1H/p-1. The zero-order chi connectivity index (χ0) is 22.0. The van der Waals surface area contributed by atoms with Crippen molar-refractivity contribution in [3.05, 3.63) is 35.4 Å². The van der Waals surface area contributed by atoms with Gasteiger partial charge in [0.2, 0.25) is 0 Å². The first-order valence-corrected chi connectivity index (χ1v) is 8.96. The molecule has 1 aromatic rings. The van der Waals surface area contributed by atoms with E-state index >= 15 is 0 Å². The number of ether oxygens (including phenoxy) is 1. The molecule has 0 amide bonds. The number of halogens is 4. The Balaban J connectivity index is 0. The molecule has 0 aromatic heterocycles. The SMILES string of the molecule is C.CC(C)(C)CC(=O)c1ccc(C2(C(F)(F)F)N=N2)cc1.COC(N)C(C)(C)C.[Cl-]. The molecule has 1 aromatic carbocycles. The van der Waals surface area contributed by atoms with Crippen LogP contribution in [0.4, 0.5) is 13.2 Å². The molecule has 1 unspecified atom stereocenters. The summed E-state index contributed by atoms with van der Waals surface area (Å²) in [5.41, 5.74) is 3.36. The Morgan fingerprint density at radius 2 is 1.50 bits per heavy atom. The molecule has 0 saturated heterocycles. The van der Waals surface area contributed by atoms with Crippen molar-refractivity contribution in [3.8, 4) is 0 Å². The van der Waals surface area contributed by atoms with Crippen molar-refractivity contribution >= 4 is 5.78 Å². The summed E-state index contributed by atoms with van der Waals surface area (Å²) in [5.74, 6) is -0.0882. The van der Waals surface area contributed by atoms with Crippen molar-refractivity contribution in [2.24, 2.45) is 26.8 Å². The van der Waals surface area contributed by atoms with E-state index in [0.29, 0.717) is 12.0 Å². The van der Waals surface area contributed by atoms with Gasteiger partial charge in [0.05, 0.1) is 0 Å². The quantitative estimate of drug-likeness (QED) is 0.563. The van der Waals surface area contributed by atoms with E-state index in [0.717, 1.165) is 0 Å². The number of carbonyl (C=O) groups is 1. The van der Waals surface area contributed by atoms with Gasteiger partial charge in [-0.15, -0.1) is 10.2 Å². The van der Waals surface area contributed by atoms with Gasteiger partial charge in [-0.3, -0.25) is 4.79 Å². The summed E-state index contributed by atoms with van der Waals surface area (Å²) < 4.78 is 43.3. The molecule has 30 heavy (non-hydrogen) atoms. The number of ketones is 1. The first-order chi connectivity index (χ1) is 12.5. The molecule has 0 fully saturated rings. The fraction of sp³-hybridized carbons (Fsp3) is 0.667. The lowest BCUT2D eigenvalue weighted by Gasteiger charge is -2.24. The van der Waals surface area contributed by atoms with Crippen LogP contribution < -0.4 is 18.1 Å². The maximum absolute atomic E-state index is 12.8. The molecule has 1 aliphatic heterocycles. The van der Waals surface area contributed by atoms with Crippen LogP contribution in [0.15, 0.2) is 34.5 Å². The number of alkyl halides is 3. The van der Waals surface area contributed by atoms with E-state index in [-0.39, 0.29) is 48.2 Å². The normalized spacial score (nSPS) is 15.7. The molecular weight excluding hydrogens is 419 g/mol. The van der Waals surface area contributed by atoms with Crippen LogP contribution in [0, 0.1) is 10.8 Å². The van der Waals surface area contributed by atoms with Gasteiger partial charge in [0.1, 0.15) is 6.23 Å². The summed E-state index contributed by atoms with van der Waals surface area (Å²) in [5, 5.41) is 6.25. The maximum Gasteiger partial charge on any atom is 0.442 e. The Labute approximate surface area is 184 Å². The first kappa shape index (κ1) is 30.7. The van der Waals surface area contributed by atoms with E-state index in [2.05, 4.69) is 10.2 Å². The van der Waals surface area contributed by atoms with Crippen LogP contribution in [-0.2, 0) is 10.4 Å². The zero-order valence-electron chi connectivity index (χ0n) is 17.9. The van der Waals surface area contributed by atoms with Crippen LogP contribution in [0.5, 0.6) is 0 Å². The Kier molecular flexibility index (Phi) is 10.9. The molecule has 2 N–H and O–H groups in total. The Hall–Kier alpha value is -1.51. The number of nitrogens with two attached hydrogens (primary N) is 1. The third-order valence-corrected chi connectivity index (χ3v) is 4.10. The molecule has 0 aliphatic carbocycles. The summed E-state index contributed by atoms with van der Waals surface area (Å²) in [6.07, 6.45) is -4.35. The largest absolute Gasteiger partial charge is 1.00 e. The predicted octanol–water partition coefficient (Wildman–Crippen LogP) is 3.09. The average Bonchev–Trinajstić information content (AvgIpc) is 3.34. The first-order valence-electron chi connectivity index (χ1n) is 8.96. The average molecular weight is 453 g/mol.